The molecule has 10 nitrogen and oxygen atoms in total. The van der Waals surface area contributed by atoms with Crippen molar-refractivity contribution in [3.63, 3.8) is 0 Å². The fraction of sp³-hybridized carbons (Fsp3) is 0.250. The van der Waals surface area contributed by atoms with Crippen molar-refractivity contribution < 1.29 is 23.9 Å². The monoisotopic (exact) mass is 567 g/mol. The smallest absolute Gasteiger partial charge is 0.411 e. The molecule has 2 aliphatic heterocycles. The first-order chi connectivity index (χ1) is 20.3. The first-order valence-electron chi connectivity index (χ1n) is 13.8. The lowest BCUT2D eigenvalue weighted by atomic mass is 9.96. The zero-order valence-electron chi connectivity index (χ0n) is 23.5. The molecule has 216 valence electrons. The van der Waals surface area contributed by atoms with Crippen LogP contribution in [0.1, 0.15) is 47.7 Å². The first kappa shape index (κ1) is 28.4. The average Bonchev–Trinajstić information content (AvgIpc) is 2.96. The number of rotatable bonds is 5. The fourth-order valence-electron chi connectivity index (χ4n) is 5.07. The van der Waals surface area contributed by atoms with Crippen molar-refractivity contribution >= 4 is 45.9 Å². The number of anilines is 3. The van der Waals surface area contributed by atoms with Gasteiger partial charge in [0.1, 0.15) is 11.9 Å². The minimum Gasteiger partial charge on any atom is -0.466 e. The van der Waals surface area contributed by atoms with Crippen LogP contribution in [0.4, 0.5) is 22.0 Å². The molecule has 3 heterocycles. The van der Waals surface area contributed by atoms with Gasteiger partial charge in [-0.1, -0.05) is 30.3 Å². The van der Waals surface area contributed by atoms with Gasteiger partial charge in [0.2, 0.25) is 5.91 Å². The summed E-state index contributed by atoms with van der Waals surface area (Å²) in [4.78, 5) is 43.3. The minimum absolute atomic E-state index is 0.0968. The Hall–Kier alpha value is -5.12. The highest BCUT2D eigenvalue weighted by atomic mass is 16.5. The van der Waals surface area contributed by atoms with Crippen LogP contribution in [0.2, 0.25) is 0 Å². The van der Waals surface area contributed by atoms with E-state index >= 15 is 0 Å². The molecule has 5 N–H and O–H groups in total. The van der Waals surface area contributed by atoms with Crippen molar-refractivity contribution in [2.75, 3.05) is 29.6 Å². The molecule has 0 aliphatic carbocycles. The number of aryl methyl sites for hydroxylation is 1. The zero-order valence-corrected chi connectivity index (χ0v) is 23.5. The Balaban J connectivity index is 1.55. The van der Waals surface area contributed by atoms with Crippen LogP contribution < -0.4 is 21.7 Å². The second kappa shape index (κ2) is 12.6. The normalized spacial score (nSPS) is 17.2. The van der Waals surface area contributed by atoms with Crippen LogP contribution in [0.3, 0.4) is 0 Å². The first-order valence-corrected chi connectivity index (χ1v) is 13.8. The van der Waals surface area contributed by atoms with E-state index in [1.54, 1.807) is 37.4 Å². The summed E-state index contributed by atoms with van der Waals surface area (Å²) < 4.78 is 10.6. The maximum absolute atomic E-state index is 14.1. The number of nitrogen functional groups attached to an aromatic ring is 1. The minimum atomic E-state index is -0.800. The second-order valence-electron chi connectivity index (χ2n) is 10.1. The van der Waals surface area contributed by atoms with Crippen LogP contribution in [0.5, 0.6) is 0 Å². The van der Waals surface area contributed by atoms with Gasteiger partial charge >= 0.3 is 12.1 Å². The largest absolute Gasteiger partial charge is 0.466 e. The molecule has 4 bridgehead atoms. The van der Waals surface area contributed by atoms with Crippen molar-refractivity contribution in [3.8, 4) is 0 Å². The van der Waals surface area contributed by atoms with Crippen LogP contribution in [-0.2, 0) is 25.5 Å². The summed E-state index contributed by atoms with van der Waals surface area (Å²) >= 11 is 0. The molecule has 1 unspecified atom stereocenters. The van der Waals surface area contributed by atoms with Gasteiger partial charge in [0.05, 0.1) is 25.7 Å². The lowest BCUT2D eigenvalue weighted by Crippen LogP contribution is -2.37. The van der Waals surface area contributed by atoms with Crippen molar-refractivity contribution in [2.24, 2.45) is 0 Å². The number of fused-ring (bicyclic) bond motifs is 10. The standard InChI is InChI=1S/C32H33N5O5/c1-3-41-28(38)18-27-22-5-4-6-24(17-22)36-32(40)42-14-12-20-7-8-23(15-19(20)2)29(31(39)37-27)35-25-9-10-26-21(16-25)11-13-34-30(26)33/h4-11,13,15-17,27,29,35H,3,12,14,18H2,1-2H3,(H2,33,34)(H,36,40)(H,37,39)/t27?,29-/m1/s1. The Bertz CT molecular complexity index is 1640. The van der Waals surface area contributed by atoms with E-state index in [0.29, 0.717) is 29.2 Å². The van der Waals surface area contributed by atoms with Gasteiger partial charge in [0, 0.05) is 29.4 Å². The summed E-state index contributed by atoms with van der Waals surface area (Å²) in [5.74, 6) is -0.368. The molecule has 3 aromatic carbocycles. The van der Waals surface area contributed by atoms with E-state index in [-0.39, 0.29) is 25.5 Å². The molecule has 0 fully saturated rings. The molecule has 0 saturated heterocycles. The van der Waals surface area contributed by atoms with Crippen molar-refractivity contribution in [3.05, 3.63) is 95.2 Å². The quantitative estimate of drug-likeness (QED) is 0.241. The number of amides is 2. The number of nitrogens with one attached hydrogen (secondary N) is 3. The molecule has 0 spiro atoms. The lowest BCUT2D eigenvalue weighted by molar-refractivity contribution is -0.143. The summed E-state index contributed by atoms with van der Waals surface area (Å²) in [6.07, 6.45) is 1.48. The van der Waals surface area contributed by atoms with E-state index < -0.39 is 24.1 Å². The lowest BCUT2D eigenvalue weighted by Gasteiger charge is -2.25. The van der Waals surface area contributed by atoms with Gasteiger partial charge in [-0.25, -0.2) is 9.78 Å². The van der Waals surface area contributed by atoms with E-state index in [1.807, 2.05) is 49.4 Å². The molecule has 4 aromatic rings. The number of nitrogens with zero attached hydrogens (tertiary/aromatic N) is 1. The van der Waals surface area contributed by atoms with Gasteiger partial charge in [-0.3, -0.25) is 14.9 Å². The molecule has 0 radical (unpaired) electrons. The Morgan fingerprint density at radius 3 is 2.76 bits per heavy atom. The van der Waals surface area contributed by atoms with Crippen molar-refractivity contribution in [1.82, 2.24) is 10.3 Å². The maximum atomic E-state index is 14.1. The summed E-state index contributed by atoms with van der Waals surface area (Å²) in [6, 6.07) is 18.7. The number of esters is 1. The predicted molar refractivity (Wildman–Crippen MR) is 161 cm³/mol. The molecule has 42 heavy (non-hydrogen) atoms. The number of nitrogens with two attached hydrogens (primary N) is 1. The number of hydrogen-bond donors (Lipinski definition) is 4. The number of pyridine rings is 1. The Kier molecular flexibility index (Phi) is 8.52. The third-order valence-corrected chi connectivity index (χ3v) is 7.20. The highest BCUT2D eigenvalue weighted by molar-refractivity contribution is 5.94. The Morgan fingerprint density at radius 1 is 1.10 bits per heavy atom. The molecular weight excluding hydrogens is 534 g/mol. The second-order valence-corrected chi connectivity index (χ2v) is 10.1. The number of carbonyl (C=O) groups excluding carboxylic acids is 3. The molecule has 2 atom stereocenters. The summed E-state index contributed by atoms with van der Waals surface area (Å²) in [5, 5.41) is 10.9. The van der Waals surface area contributed by atoms with Gasteiger partial charge < -0.3 is 25.8 Å². The number of aromatic nitrogens is 1. The molecule has 0 saturated carbocycles. The van der Waals surface area contributed by atoms with Gasteiger partial charge in [-0.05, 0) is 77.9 Å². The van der Waals surface area contributed by atoms with Crippen molar-refractivity contribution in [1.29, 1.82) is 0 Å². The number of benzene rings is 3. The van der Waals surface area contributed by atoms with E-state index in [0.717, 1.165) is 27.5 Å². The van der Waals surface area contributed by atoms with Crippen molar-refractivity contribution in [2.45, 2.75) is 38.8 Å². The molecule has 2 aliphatic rings. The molecular formula is C32H33N5O5. The van der Waals surface area contributed by atoms with Crippen LogP contribution in [0.25, 0.3) is 10.8 Å². The highest BCUT2D eigenvalue weighted by Crippen LogP contribution is 2.29. The van der Waals surface area contributed by atoms with Crippen LogP contribution in [0.15, 0.2) is 72.9 Å². The summed E-state index contributed by atoms with van der Waals surface area (Å²) in [7, 11) is 0. The third kappa shape index (κ3) is 6.60. The molecule has 10 heteroatoms. The maximum Gasteiger partial charge on any atom is 0.411 e. The SMILES string of the molecule is CCOC(=O)CC1NC(=O)[C@H](Nc2ccc3c(N)nccc3c2)c2ccc(c(C)c2)CCOC(=O)Nc2cccc1c2. The van der Waals surface area contributed by atoms with Gasteiger partial charge in [0.15, 0.2) is 0 Å². The summed E-state index contributed by atoms with van der Waals surface area (Å²) in [6.45, 7) is 4.08. The van der Waals surface area contributed by atoms with Gasteiger partial charge in [0.25, 0.3) is 0 Å². The number of hydrogen-bond acceptors (Lipinski definition) is 8. The van der Waals surface area contributed by atoms with Crippen LogP contribution >= 0.6 is 0 Å². The number of carbonyl (C=O) groups is 3. The Labute approximate surface area is 243 Å². The van der Waals surface area contributed by atoms with Crippen LogP contribution in [0, 0.1) is 6.92 Å². The zero-order chi connectivity index (χ0) is 29.6. The number of ether oxygens (including phenoxy) is 2. The van der Waals surface area contributed by atoms with E-state index in [1.165, 1.54) is 0 Å². The van der Waals surface area contributed by atoms with E-state index in [2.05, 4.69) is 20.9 Å². The van der Waals surface area contributed by atoms with E-state index in [9.17, 15) is 14.4 Å². The van der Waals surface area contributed by atoms with Gasteiger partial charge in [-0.15, -0.1) is 0 Å². The predicted octanol–water partition coefficient (Wildman–Crippen LogP) is 5.19. The topological polar surface area (TPSA) is 145 Å². The average molecular weight is 568 g/mol. The highest BCUT2D eigenvalue weighted by Gasteiger charge is 2.27. The molecule has 1 aromatic heterocycles. The fourth-order valence-corrected chi connectivity index (χ4v) is 5.07. The van der Waals surface area contributed by atoms with E-state index in [4.69, 9.17) is 15.2 Å². The third-order valence-electron chi connectivity index (χ3n) is 7.20. The molecule has 2 amide bonds. The molecule has 6 rings (SSSR count). The van der Waals surface area contributed by atoms with Gasteiger partial charge in [-0.2, -0.15) is 0 Å². The van der Waals surface area contributed by atoms with Crippen LogP contribution in [-0.4, -0.2) is 36.2 Å². The summed E-state index contributed by atoms with van der Waals surface area (Å²) in [5.41, 5.74) is 10.5. The Morgan fingerprint density at radius 2 is 1.95 bits per heavy atom.